The number of nitriles is 1. The molecule has 38 heavy (non-hydrogen) atoms. The molecule has 0 fully saturated rings. The summed E-state index contributed by atoms with van der Waals surface area (Å²) >= 11 is 1.36. The molecule has 4 aromatic rings. The number of carbonyl (C=O) groups is 1. The Bertz CT molecular complexity index is 1570. The Morgan fingerprint density at radius 2 is 1.74 bits per heavy atom. The van der Waals surface area contributed by atoms with Crippen LogP contribution in [-0.2, 0) is 14.6 Å². The van der Waals surface area contributed by atoms with Crippen LogP contribution >= 0.6 is 11.3 Å². The number of anilines is 2. The zero-order valence-corrected chi connectivity index (χ0v) is 23.0. The van der Waals surface area contributed by atoms with E-state index in [1.807, 2.05) is 24.3 Å². The zero-order valence-electron chi connectivity index (χ0n) is 21.3. The highest BCUT2D eigenvalue weighted by Gasteiger charge is 2.25. The lowest BCUT2D eigenvalue weighted by Crippen LogP contribution is -2.25. The first-order valence-electron chi connectivity index (χ1n) is 12.2. The van der Waals surface area contributed by atoms with Gasteiger partial charge in [-0.3, -0.25) is 10.1 Å². The molecule has 1 unspecified atom stereocenters. The smallest absolute Gasteiger partial charge is 0.271 e. The average Bonchev–Trinajstić information content (AvgIpc) is 3.34. The van der Waals surface area contributed by atoms with Gasteiger partial charge < -0.3 is 9.64 Å². The molecular formula is C28H28N4O4S2. The molecule has 4 rings (SSSR count). The van der Waals surface area contributed by atoms with Gasteiger partial charge in [0, 0.05) is 24.3 Å². The number of aromatic nitrogens is 1. The van der Waals surface area contributed by atoms with Crippen molar-refractivity contribution in [2.45, 2.75) is 31.8 Å². The number of sulfone groups is 1. The van der Waals surface area contributed by atoms with E-state index in [0.717, 1.165) is 29.0 Å². The first-order valence-corrected chi connectivity index (χ1v) is 14.7. The molecule has 0 bridgehead atoms. The van der Waals surface area contributed by atoms with Gasteiger partial charge in [-0.1, -0.05) is 30.4 Å². The molecule has 0 saturated carbocycles. The maximum atomic E-state index is 13.5. The summed E-state index contributed by atoms with van der Waals surface area (Å²) in [6.07, 6.45) is -1.08. The Hall–Kier alpha value is -3.94. The number of hydrogen-bond acceptors (Lipinski definition) is 8. The fraction of sp³-hybridized carbons (Fsp3) is 0.250. The van der Waals surface area contributed by atoms with E-state index in [-0.39, 0.29) is 10.6 Å². The summed E-state index contributed by atoms with van der Waals surface area (Å²) in [7, 11) is -3.39. The molecule has 3 aromatic carbocycles. The Morgan fingerprint density at radius 3 is 2.34 bits per heavy atom. The summed E-state index contributed by atoms with van der Waals surface area (Å²) in [5.41, 5.74) is 2.79. The maximum absolute atomic E-state index is 13.5. The standard InChI is InChI=1S/C28H28N4O4S2/c1-4-32(5-2)21-11-16-25-24(17-21)30-28(37-25)31-27(33)26(36-22-12-7-19(18-29)8-13-22)20-9-14-23(15-10-20)38(34,35)6-3/h7-17,26H,4-6H2,1-3H3,(H,30,31,33). The number of fused-ring (bicyclic) bond motifs is 1. The molecule has 0 saturated heterocycles. The first kappa shape index (κ1) is 27.1. The second-order valence-electron chi connectivity index (χ2n) is 8.44. The van der Waals surface area contributed by atoms with Crippen LogP contribution in [0.5, 0.6) is 5.75 Å². The van der Waals surface area contributed by atoms with E-state index in [1.165, 1.54) is 23.5 Å². The molecule has 0 spiro atoms. The molecule has 0 aliphatic rings. The number of nitrogens with one attached hydrogen (secondary N) is 1. The minimum atomic E-state index is -3.39. The Morgan fingerprint density at radius 1 is 1.05 bits per heavy atom. The van der Waals surface area contributed by atoms with E-state index >= 15 is 0 Å². The van der Waals surface area contributed by atoms with Gasteiger partial charge in [0.05, 0.1) is 32.5 Å². The van der Waals surface area contributed by atoms with Crippen molar-refractivity contribution in [2.24, 2.45) is 0 Å². The fourth-order valence-electron chi connectivity index (χ4n) is 3.96. The third kappa shape index (κ3) is 5.96. The van der Waals surface area contributed by atoms with E-state index in [2.05, 4.69) is 29.0 Å². The third-order valence-corrected chi connectivity index (χ3v) is 8.83. The minimum Gasteiger partial charge on any atom is -0.476 e. The van der Waals surface area contributed by atoms with Gasteiger partial charge in [0.15, 0.2) is 15.0 Å². The van der Waals surface area contributed by atoms with Crippen molar-refractivity contribution in [2.75, 3.05) is 29.1 Å². The predicted molar refractivity (Wildman–Crippen MR) is 151 cm³/mol. The molecular weight excluding hydrogens is 520 g/mol. The van der Waals surface area contributed by atoms with E-state index in [4.69, 9.17) is 10.00 Å². The van der Waals surface area contributed by atoms with Crippen LogP contribution < -0.4 is 15.0 Å². The van der Waals surface area contributed by atoms with Gasteiger partial charge in [-0.2, -0.15) is 5.26 Å². The lowest BCUT2D eigenvalue weighted by molar-refractivity contribution is -0.123. The van der Waals surface area contributed by atoms with Crippen molar-refractivity contribution in [3.8, 4) is 11.8 Å². The maximum Gasteiger partial charge on any atom is 0.271 e. The Kier molecular flexibility index (Phi) is 8.29. The topological polar surface area (TPSA) is 112 Å². The summed E-state index contributed by atoms with van der Waals surface area (Å²) in [5.74, 6) is -0.0861. The van der Waals surface area contributed by atoms with Crippen LogP contribution in [-0.4, -0.2) is 38.2 Å². The molecule has 1 atom stereocenters. The highest BCUT2D eigenvalue weighted by Crippen LogP contribution is 2.31. The van der Waals surface area contributed by atoms with Crippen LogP contribution in [0.4, 0.5) is 10.8 Å². The summed E-state index contributed by atoms with van der Waals surface area (Å²) in [5, 5.41) is 12.4. The number of amides is 1. The number of nitrogens with zero attached hydrogens (tertiary/aromatic N) is 3. The van der Waals surface area contributed by atoms with Crippen molar-refractivity contribution in [1.29, 1.82) is 5.26 Å². The molecule has 196 valence electrons. The quantitative estimate of drug-likeness (QED) is 0.276. The predicted octanol–water partition coefficient (Wildman–Crippen LogP) is 5.57. The van der Waals surface area contributed by atoms with Gasteiger partial charge in [-0.15, -0.1) is 0 Å². The van der Waals surface area contributed by atoms with Gasteiger partial charge in [-0.05, 0) is 68.4 Å². The van der Waals surface area contributed by atoms with Gasteiger partial charge in [-0.25, -0.2) is 13.4 Å². The number of carbonyl (C=O) groups excluding carboxylic acids is 1. The summed E-state index contributed by atoms with van der Waals surface area (Å²) in [6, 6.07) is 20.6. The highest BCUT2D eigenvalue weighted by molar-refractivity contribution is 7.91. The molecule has 1 amide bonds. The van der Waals surface area contributed by atoms with Gasteiger partial charge >= 0.3 is 0 Å². The molecule has 8 nitrogen and oxygen atoms in total. The summed E-state index contributed by atoms with van der Waals surface area (Å²) in [6.45, 7) is 7.53. The summed E-state index contributed by atoms with van der Waals surface area (Å²) < 4.78 is 31.5. The Balaban J connectivity index is 1.63. The molecule has 0 aliphatic carbocycles. The normalized spacial score (nSPS) is 12.1. The molecule has 0 aliphatic heterocycles. The van der Waals surface area contributed by atoms with E-state index in [1.54, 1.807) is 43.3 Å². The van der Waals surface area contributed by atoms with Crippen molar-refractivity contribution < 1.29 is 17.9 Å². The van der Waals surface area contributed by atoms with Crippen LogP contribution in [0.25, 0.3) is 10.2 Å². The van der Waals surface area contributed by atoms with E-state index in [9.17, 15) is 13.2 Å². The monoisotopic (exact) mass is 548 g/mol. The van der Waals surface area contributed by atoms with Crippen LogP contribution in [0, 0.1) is 11.3 Å². The lowest BCUT2D eigenvalue weighted by Gasteiger charge is -2.20. The van der Waals surface area contributed by atoms with Crippen LogP contribution in [0.15, 0.2) is 71.6 Å². The van der Waals surface area contributed by atoms with E-state index in [0.29, 0.717) is 22.0 Å². The minimum absolute atomic E-state index is 0.0222. The van der Waals surface area contributed by atoms with Gasteiger partial charge in [0.2, 0.25) is 6.10 Å². The van der Waals surface area contributed by atoms with Crippen molar-refractivity contribution in [3.05, 3.63) is 77.9 Å². The fourth-order valence-corrected chi connectivity index (χ4v) is 5.69. The molecule has 0 radical (unpaired) electrons. The number of benzene rings is 3. The second kappa shape index (κ2) is 11.6. The summed E-state index contributed by atoms with van der Waals surface area (Å²) in [4.78, 5) is 20.5. The molecule has 10 heteroatoms. The Labute approximate surface area is 226 Å². The second-order valence-corrected chi connectivity index (χ2v) is 11.7. The molecule has 1 heterocycles. The van der Waals surface area contributed by atoms with Crippen LogP contribution in [0.3, 0.4) is 0 Å². The number of hydrogen-bond donors (Lipinski definition) is 1. The number of thiazole rings is 1. The SMILES string of the molecule is CCN(CC)c1ccc2sc(NC(=O)C(Oc3ccc(C#N)cc3)c3ccc(S(=O)(=O)CC)cc3)nc2c1. The van der Waals surface area contributed by atoms with E-state index < -0.39 is 21.8 Å². The van der Waals surface area contributed by atoms with Crippen LogP contribution in [0.1, 0.15) is 38.0 Å². The number of ether oxygens (including phenoxy) is 1. The zero-order chi connectivity index (χ0) is 27.3. The van der Waals surface area contributed by atoms with Gasteiger partial charge in [0.1, 0.15) is 5.75 Å². The van der Waals surface area contributed by atoms with Gasteiger partial charge in [0.25, 0.3) is 5.91 Å². The largest absolute Gasteiger partial charge is 0.476 e. The first-order chi connectivity index (χ1) is 18.3. The van der Waals surface area contributed by atoms with Crippen molar-refractivity contribution >= 4 is 48.1 Å². The lowest BCUT2D eigenvalue weighted by atomic mass is 10.1. The third-order valence-electron chi connectivity index (χ3n) is 6.13. The highest BCUT2D eigenvalue weighted by atomic mass is 32.2. The average molecular weight is 549 g/mol. The molecule has 1 aromatic heterocycles. The van der Waals surface area contributed by atoms with Crippen LogP contribution in [0.2, 0.25) is 0 Å². The van der Waals surface area contributed by atoms with Crippen molar-refractivity contribution in [1.82, 2.24) is 4.98 Å². The van der Waals surface area contributed by atoms with Crippen molar-refractivity contribution in [3.63, 3.8) is 0 Å². The molecule has 1 N–H and O–H groups in total. The number of rotatable bonds is 10.